The van der Waals surface area contributed by atoms with E-state index in [-0.39, 0.29) is 35.5 Å². The van der Waals surface area contributed by atoms with Gasteiger partial charge in [-0.05, 0) is 48.2 Å². The molecule has 9 nitrogen and oxygen atoms in total. The summed E-state index contributed by atoms with van der Waals surface area (Å²) >= 11 is 0. The number of hydrogen-bond acceptors (Lipinski definition) is 6. The van der Waals surface area contributed by atoms with E-state index < -0.39 is 21.0 Å². The maximum absolute atomic E-state index is 13.3. The molecule has 2 aromatic carbocycles. The van der Waals surface area contributed by atoms with Crippen molar-refractivity contribution in [3.8, 4) is 5.75 Å². The Hall–Kier alpha value is -2.98. The highest BCUT2D eigenvalue weighted by molar-refractivity contribution is 7.89. The second kappa shape index (κ2) is 7.12. The van der Waals surface area contributed by atoms with Crippen molar-refractivity contribution in [3.05, 3.63) is 63.7 Å². The lowest BCUT2D eigenvalue weighted by atomic mass is 9.94. The van der Waals surface area contributed by atoms with Gasteiger partial charge in [-0.2, -0.15) is 4.31 Å². The molecule has 1 fully saturated rings. The van der Waals surface area contributed by atoms with Gasteiger partial charge in [0.15, 0.2) is 0 Å². The van der Waals surface area contributed by atoms with Gasteiger partial charge in [0.1, 0.15) is 11.8 Å². The molecule has 2 aromatic rings. The van der Waals surface area contributed by atoms with Gasteiger partial charge < -0.3 is 10.1 Å². The molecule has 1 N–H and O–H groups in total. The maximum Gasteiger partial charge on any atom is 0.269 e. The van der Waals surface area contributed by atoms with Crippen LogP contribution >= 0.6 is 0 Å². The van der Waals surface area contributed by atoms with Gasteiger partial charge in [0.05, 0.1) is 23.0 Å². The number of sulfonamides is 1. The number of ether oxygens (including phenoxy) is 1. The largest absolute Gasteiger partial charge is 0.497 e. The number of rotatable bonds is 4. The van der Waals surface area contributed by atoms with E-state index in [9.17, 15) is 23.3 Å². The smallest absolute Gasteiger partial charge is 0.269 e. The van der Waals surface area contributed by atoms with Crippen LogP contribution in [-0.4, -0.2) is 43.2 Å². The number of benzene rings is 2. The fraction of sp³-hybridized carbons (Fsp3) is 0.316. The third-order valence-electron chi connectivity index (χ3n) is 5.40. The molecule has 0 radical (unpaired) electrons. The Morgan fingerprint density at radius 2 is 1.93 bits per heavy atom. The van der Waals surface area contributed by atoms with E-state index in [1.807, 2.05) is 18.2 Å². The molecule has 10 heteroatoms. The summed E-state index contributed by atoms with van der Waals surface area (Å²) in [6, 6.07) is 9.06. The number of nitrogens with one attached hydrogen (secondary N) is 1. The Morgan fingerprint density at radius 1 is 1.21 bits per heavy atom. The van der Waals surface area contributed by atoms with Crippen molar-refractivity contribution in [1.29, 1.82) is 0 Å². The Morgan fingerprint density at radius 3 is 2.59 bits per heavy atom. The van der Waals surface area contributed by atoms with Gasteiger partial charge >= 0.3 is 0 Å². The number of carbonyl (C=O) groups excluding carboxylic acids is 1. The van der Waals surface area contributed by atoms with Crippen molar-refractivity contribution in [3.63, 3.8) is 0 Å². The van der Waals surface area contributed by atoms with Crippen LogP contribution < -0.4 is 10.1 Å². The van der Waals surface area contributed by atoms with Gasteiger partial charge in [0.25, 0.3) is 5.69 Å². The van der Waals surface area contributed by atoms with E-state index in [1.54, 1.807) is 7.11 Å². The molecule has 2 aliphatic rings. The first-order valence-corrected chi connectivity index (χ1v) is 10.5. The van der Waals surface area contributed by atoms with Crippen LogP contribution in [0.5, 0.6) is 5.75 Å². The second-order valence-electron chi connectivity index (χ2n) is 7.00. The highest BCUT2D eigenvalue weighted by atomic mass is 32.2. The number of nitrogens with zero attached hydrogens (tertiary/aromatic N) is 2. The van der Waals surface area contributed by atoms with E-state index in [2.05, 4.69) is 5.32 Å². The molecular formula is C19H19N3O6S. The van der Waals surface area contributed by atoms with E-state index >= 15 is 0 Å². The van der Waals surface area contributed by atoms with Gasteiger partial charge in [0.2, 0.25) is 15.9 Å². The summed E-state index contributed by atoms with van der Waals surface area (Å²) in [6.07, 6.45) is 0.648. The average Bonchev–Trinajstić information content (AvgIpc) is 2.94. The first kappa shape index (κ1) is 19.3. The normalized spacial score (nSPS) is 21.6. The molecule has 1 saturated heterocycles. The molecule has 0 aliphatic carbocycles. The molecule has 29 heavy (non-hydrogen) atoms. The quantitative estimate of drug-likeness (QED) is 0.598. The number of methoxy groups -OCH3 is 1. The maximum atomic E-state index is 13.3. The molecule has 2 bridgehead atoms. The molecule has 0 spiro atoms. The van der Waals surface area contributed by atoms with Crippen molar-refractivity contribution in [1.82, 2.24) is 9.62 Å². The number of amides is 1. The van der Waals surface area contributed by atoms with Gasteiger partial charge in [-0.3, -0.25) is 14.9 Å². The Kier molecular flexibility index (Phi) is 4.75. The van der Waals surface area contributed by atoms with Crippen LogP contribution in [0.25, 0.3) is 0 Å². The monoisotopic (exact) mass is 417 g/mol. The molecule has 0 unspecified atom stereocenters. The van der Waals surface area contributed by atoms with Crippen LogP contribution in [0, 0.1) is 10.1 Å². The summed E-state index contributed by atoms with van der Waals surface area (Å²) in [4.78, 5) is 23.0. The van der Waals surface area contributed by atoms with Crippen molar-refractivity contribution in [2.75, 3.05) is 13.7 Å². The number of fused-ring (bicyclic) bond motifs is 5. The topological polar surface area (TPSA) is 119 Å². The SMILES string of the molecule is COc1ccc2c(c1)C[C@H]1C(=O)N[C@@H]2CCN1S(=O)(=O)c1ccc([N+](=O)[O-])cc1. The molecule has 0 saturated carbocycles. The van der Waals surface area contributed by atoms with Gasteiger partial charge in [-0.15, -0.1) is 0 Å². The van der Waals surface area contributed by atoms with Crippen LogP contribution in [0.1, 0.15) is 23.6 Å². The molecule has 2 heterocycles. The number of carbonyl (C=O) groups is 1. The van der Waals surface area contributed by atoms with Crippen molar-refractivity contribution in [2.24, 2.45) is 0 Å². The van der Waals surface area contributed by atoms with E-state index in [0.717, 1.165) is 23.3 Å². The van der Waals surface area contributed by atoms with Gasteiger partial charge in [0, 0.05) is 18.7 Å². The highest BCUT2D eigenvalue weighted by Gasteiger charge is 2.42. The molecular weight excluding hydrogens is 398 g/mol. The summed E-state index contributed by atoms with van der Waals surface area (Å²) in [5.41, 5.74) is 1.63. The van der Waals surface area contributed by atoms with Crippen LogP contribution in [0.4, 0.5) is 5.69 Å². The fourth-order valence-corrected chi connectivity index (χ4v) is 5.51. The van der Waals surface area contributed by atoms with Gasteiger partial charge in [-0.1, -0.05) is 6.07 Å². The van der Waals surface area contributed by atoms with Crippen molar-refractivity contribution in [2.45, 2.75) is 29.8 Å². The van der Waals surface area contributed by atoms with E-state index in [1.165, 1.54) is 16.4 Å². The van der Waals surface area contributed by atoms with Crippen molar-refractivity contribution < 1.29 is 22.9 Å². The van der Waals surface area contributed by atoms with Crippen LogP contribution in [0.15, 0.2) is 47.4 Å². The predicted octanol–water partition coefficient (Wildman–Crippen LogP) is 1.78. The summed E-state index contributed by atoms with van der Waals surface area (Å²) in [7, 11) is -2.46. The molecule has 4 rings (SSSR count). The lowest BCUT2D eigenvalue weighted by Crippen LogP contribution is -2.47. The third kappa shape index (κ3) is 3.34. The fourth-order valence-electron chi connectivity index (χ4n) is 3.91. The number of nitro groups is 1. The summed E-state index contributed by atoms with van der Waals surface area (Å²) in [5.74, 6) is 0.286. The van der Waals surface area contributed by atoms with Crippen LogP contribution in [0.2, 0.25) is 0 Å². The Balaban J connectivity index is 1.73. The van der Waals surface area contributed by atoms with Crippen molar-refractivity contribution >= 4 is 21.6 Å². The minimum atomic E-state index is -4.01. The number of non-ortho nitro benzene ring substituents is 1. The molecule has 152 valence electrons. The Labute approximate surface area is 167 Å². The zero-order chi connectivity index (χ0) is 20.8. The average molecular weight is 417 g/mol. The van der Waals surface area contributed by atoms with E-state index in [0.29, 0.717) is 12.2 Å². The number of nitro benzene ring substituents is 1. The summed E-state index contributed by atoms with van der Waals surface area (Å²) in [5, 5.41) is 13.8. The molecule has 2 atom stereocenters. The third-order valence-corrected chi connectivity index (χ3v) is 7.32. The van der Waals surface area contributed by atoms with Crippen LogP contribution in [0.3, 0.4) is 0 Å². The summed E-state index contributed by atoms with van der Waals surface area (Å²) in [6.45, 7) is 0.166. The second-order valence-corrected chi connectivity index (χ2v) is 8.89. The minimum absolute atomic E-state index is 0.0780. The van der Waals surface area contributed by atoms with Gasteiger partial charge in [-0.25, -0.2) is 8.42 Å². The number of hydrogen-bond donors (Lipinski definition) is 1. The standard InChI is InChI=1S/C19H19N3O6S/c1-28-14-4-7-16-12(10-14)11-18-19(23)20-17(16)8-9-21(18)29(26,27)15-5-2-13(3-6-15)22(24)25/h2-7,10,17-18H,8-9,11H2,1H3,(H,20,23)/t17-,18+/m1/s1. The highest BCUT2D eigenvalue weighted by Crippen LogP contribution is 2.35. The first-order valence-electron chi connectivity index (χ1n) is 9.05. The Bertz CT molecular complexity index is 1080. The molecule has 2 aliphatic heterocycles. The molecule has 1 amide bonds. The predicted molar refractivity (Wildman–Crippen MR) is 103 cm³/mol. The van der Waals surface area contributed by atoms with E-state index in [4.69, 9.17) is 4.74 Å². The first-order chi connectivity index (χ1) is 13.8. The molecule has 0 aromatic heterocycles. The summed E-state index contributed by atoms with van der Waals surface area (Å²) < 4.78 is 33.0. The minimum Gasteiger partial charge on any atom is -0.497 e. The van der Waals surface area contributed by atoms with Crippen LogP contribution in [-0.2, 0) is 21.2 Å². The lowest BCUT2D eigenvalue weighted by Gasteiger charge is -2.29. The zero-order valence-electron chi connectivity index (χ0n) is 15.6. The zero-order valence-corrected chi connectivity index (χ0v) is 16.4. The lowest BCUT2D eigenvalue weighted by molar-refractivity contribution is -0.384.